The van der Waals surface area contributed by atoms with Crippen LogP contribution < -0.4 is 4.74 Å². The lowest BCUT2D eigenvalue weighted by Crippen LogP contribution is -2.27. The summed E-state index contributed by atoms with van der Waals surface area (Å²) in [5.41, 5.74) is -0.521. The SMILES string of the molecule is CC(C)(C)OC(=O)COc1c(I)cc([SH]2c3ccccc3Sc3ccccc32)cc1I. The van der Waals surface area contributed by atoms with Crippen molar-refractivity contribution >= 4 is 73.8 Å². The highest BCUT2D eigenvalue weighted by atomic mass is 127. The third-order valence-corrected chi connectivity index (χ3v) is 10.0. The fourth-order valence-electron chi connectivity index (χ4n) is 3.30. The molecule has 0 amide bonds. The molecule has 1 aliphatic rings. The van der Waals surface area contributed by atoms with E-state index < -0.39 is 16.5 Å². The zero-order valence-electron chi connectivity index (χ0n) is 17.3. The standard InChI is InChI=1S/C24H22I2O3S2/c1-24(2,3)29-22(27)14-28-23-16(25)12-15(13-17(23)26)31-20-10-6-4-8-18(20)30-19-9-5-7-11-21(19)31/h4-13,31H,14H2,1-3H3. The summed E-state index contributed by atoms with van der Waals surface area (Å²) in [4.78, 5) is 18.8. The molecule has 1 heterocycles. The monoisotopic (exact) mass is 676 g/mol. The molecule has 0 aromatic heterocycles. The number of hydrogen-bond donors (Lipinski definition) is 1. The molecule has 0 radical (unpaired) electrons. The number of esters is 1. The molecule has 0 saturated carbocycles. The van der Waals surface area contributed by atoms with Crippen LogP contribution in [-0.4, -0.2) is 18.2 Å². The Morgan fingerprint density at radius 2 is 1.45 bits per heavy atom. The van der Waals surface area contributed by atoms with E-state index in [9.17, 15) is 4.79 Å². The van der Waals surface area contributed by atoms with Crippen LogP contribution in [0.1, 0.15) is 20.8 Å². The van der Waals surface area contributed by atoms with Crippen molar-refractivity contribution in [3.63, 3.8) is 0 Å². The molecule has 0 atom stereocenters. The van der Waals surface area contributed by atoms with Gasteiger partial charge in [0.05, 0.1) is 7.14 Å². The number of rotatable bonds is 4. The van der Waals surface area contributed by atoms with Crippen molar-refractivity contribution in [3.8, 4) is 5.75 Å². The van der Waals surface area contributed by atoms with Gasteiger partial charge in [-0.05, 0) is 107 Å². The van der Waals surface area contributed by atoms with E-state index in [1.54, 1.807) is 0 Å². The number of carbonyl (C=O) groups excluding carboxylic acids is 1. The van der Waals surface area contributed by atoms with E-state index >= 15 is 0 Å². The highest BCUT2D eigenvalue weighted by Gasteiger charge is 2.26. The Kier molecular flexibility index (Phi) is 7.15. The third-order valence-electron chi connectivity index (χ3n) is 4.43. The van der Waals surface area contributed by atoms with Crippen molar-refractivity contribution in [2.45, 2.75) is 50.8 Å². The molecule has 3 aromatic rings. The number of carbonyl (C=O) groups is 1. The van der Waals surface area contributed by atoms with Crippen LogP contribution in [0.5, 0.6) is 5.75 Å². The van der Waals surface area contributed by atoms with Gasteiger partial charge < -0.3 is 9.47 Å². The Labute approximate surface area is 217 Å². The smallest absolute Gasteiger partial charge is 0.344 e. The third kappa shape index (κ3) is 5.36. The van der Waals surface area contributed by atoms with Crippen LogP contribution in [-0.2, 0) is 9.53 Å². The highest BCUT2D eigenvalue weighted by Crippen LogP contribution is 2.61. The lowest BCUT2D eigenvalue weighted by atomic mass is 10.2. The minimum absolute atomic E-state index is 0.0975. The fourth-order valence-corrected chi connectivity index (χ4v) is 9.96. The summed E-state index contributed by atoms with van der Waals surface area (Å²) in [6, 6.07) is 21.8. The van der Waals surface area contributed by atoms with Gasteiger partial charge in [-0.1, -0.05) is 36.0 Å². The van der Waals surface area contributed by atoms with E-state index in [4.69, 9.17) is 9.47 Å². The summed E-state index contributed by atoms with van der Waals surface area (Å²) in [6.07, 6.45) is 0. The van der Waals surface area contributed by atoms with Crippen molar-refractivity contribution < 1.29 is 14.3 Å². The van der Waals surface area contributed by atoms with Gasteiger partial charge in [-0.25, -0.2) is 4.79 Å². The molecule has 0 unspecified atom stereocenters. The van der Waals surface area contributed by atoms with E-state index in [1.165, 1.54) is 24.5 Å². The molecule has 0 N–H and O–H groups in total. The molecule has 1 aliphatic heterocycles. The maximum absolute atomic E-state index is 12.1. The summed E-state index contributed by atoms with van der Waals surface area (Å²) in [5.74, 6) is 0.374. The van der Waals surface area contributed by atoms with Gasteiger partial charge in [0.25, 0.3) is 0 Å². The molecule has 31 heavy (non-hydrogen) atoms. The van der Waals surface area contributed by atoms with Crippen LogP contribution in [0, 0.1) is 7.14 Å². The van der Waals surface area contributed by atoms with Crippen LogP contribution in [0.15, 0.2) is 85.1 Å². The van der Waals surface area contributed by atoms with Gasteiger partial charge in [0.2, 0.25) is 0 Å². The van der Waals surface area contributed by atoms with Crippen LogP contribution >= 0.6 is 67.8 Å². The fraction of sp³-hybridized carbons (Fsp3) is 0.208. The molecular formula is C24H22I2O3S2. The van der Waals surface area contributed by atoms with Crippen LogP contribution in [0.25, 0.3) is 0 Å². The largest absolute Gasteiger partial charge is 0.480 e. The Hall–Kier alpha value is -0.910. The van der Waals surface area contributed by atoms with Gasteiger partial charge in [0, 0.05) is 19.6 Å². The topological polar surface area (TPSA) is 35.5 Å². The second-order valence-electron chi connectivity index (χ2n) is 7.99. The number of fused-ring (bicyclic) bond motifs is 2. The Morgan fingerprint density at radius 1 is 0.935 bits per heavy atom. The molecule has 0 spiro atoms. The van der Waals surface area contributed by atoms with E-state index in [-0.39, 0.29) is 12.6 Å². The molecule has 4 rings (SSSR count). The zero-order valence-corrected chi connectivity index (χ0v) is 23.3. The van der Waals surface area contributed by atoms with Gasteiger partial charge >= 0.3 is 5.97 Å². The van der Waals surface area contributed by atoms with E-state index in [1.807, 2.05) is 32.5 Å². The first-order valence-electron chi connectivity index (χ1n) is 9.73. The number of halogens is 2. The lowest BCUT2D eigenvalue weighted by Gasteiger charge is -2.32. The van der Waals surface area contributed by atoms with E-state index in [0.717, 1.165) is 12.9 Å². The molecule has 3 aromatic carbocycles. The van der Waals surface area contributed by atoms with Crippen molar-refractivity contribution in [3.05, 3.63) is 67.8 Å². The number of hydrogen-bond acceptors (Lipinski definition) is 4. The maximum Gasteiger partial charge on any atom is 0.344 e. The predicted molar refractivity (Wildman–Crippen MR) is 144 cm³/mol. The average molecular weight is 676 g/mol. The summed E-state index contributed by atoms with van der Waals surface area (Å²) in [7, 11) is -0.661. The normalized spacial score (nSPS) is 13.9. The molecule has 162 valence electrons. The molecule has 0 bridgehead atoms. The van der Waals surface area contributed by atoms with Crippen LogP contribution in [0.3, 0.4) is 0 Å². The summed E-state index contributed by atoms with van der Waals surface area (Å²) < 4.78 is 13.2. The van der Waals surface area contributed by atoms with Gasteiger partial charge in [-0.2, -0.15) is 10.9 Å². The second-order valence-corrected chi connectivity index (χ2v) is 13.5. The summed E-state index contributed by atoms with van der Waals surface area (Å²) in [5, 5.41) is 0. The maximum atomic E-state index is 12.1. The summed E-state index contributed by atoms with van der Waals surface area (Å²) in [6.45, 7) is 5.47. The average Bonchev–Trinajstić information content (AvgIpc) is 2.70. The first kappa shape index (κ1) is 23.3. The first-order valence-corrected chi connectivity index (χ1v) is 14.0. The van der Waals surface area contributed by atoms with Crippen molar-refractivity contribution in [1.82, 2.24) is 0 Å². The number of benzene rings is 3. The second kappa shape index (κ2) is 9.52. The van der Waals surface area contributed by atoms with Gasteiger partial charge in [-0.15, -0.1) is 0 Å². The molecule has 0 fully saturated rings. The summed E-state index contributed by atoms with van der Waals surface area (Å²) >= 11 is 6.46. The van der Waals surface area contributed by atoms with Gasteiger partial charge in [0.1, 0.15) is 11.4 Å². The van der Waals surface area contributed by atoms with E-state index in [2.05, 4.69) is 106 Å². The van der Waals surface area contributed by atoms with Crippen LogP contribution in [0.2, 0.25) is 0 Å². The Balaban J connectivity index is 1.67. The number of ether oxygens (including phenoxy) is 2. The van der Waals surface area contributed by atoms with Crippen molar-refractivity contribution in [1.29, 1.82) is 0 Å². The zero-order chi connectivity index (χ0) is 22.2. The van der Waals surface area contributed by atoms with Gasteiger partial charge in [0.15, 0.2) is 6.61 Å². The lowest BCUT2D eigenvalue weighted by molar-refractivity contribution is -0.157. The van der Waals surface area contributed by atoms with Crippen LogP contribution in [0.4, 0.5) is 0 Å². The highest BCUT2D eigenvalue weighted by molar-refractivity contribution is 14.1. The quantitative estimate of drug-likeness (QED) is 0.138. The molecule has 0 saturated heterocycles. The number of thiol groups is 1. The molecular weight excluding hydrogens is 654 g/mol. The van der Waals surface area contributed by atoms with Gasteiger partial charge in [-0.3, -0.25) is 0 Å². The predicted octanol–water partition coefficient (Wildman–Crippen LogP) is 7.56. The minimum Gasteiger partial charge on any atom is -0.480 e. The molecule has 3 nitrogen and oxygen atoms in total. The van der Waals surface area contributed by atoms with Crippen molar-refractivity contribution in [2.24, 2.45) is 0 Å². The Morgan fingerprint density at radius 3 is 1.97 bits per heavy atom. The Bertz CT molecular complexity index is 1070. The van der Waals surface area contributed by atoms with Crippen molar-refractivity contribution in [2.75, 3.05) is 6.61 Å². The van der Waals surface area contributed by atoms with E-state index in [0.29, 0.717) is 0 Å². The minimum atomic E-state index is -0.661. The molecule has 7 heteroatoms. The first-order chi connectivity index (χ1) is 14.7. The molecule has 0 aliphatic carbocycles.